The molecule has 0 heterocycles. The average molecular weight is 277 g/mol. The summed E-state index contributed by atoms with van der Waals surface area (Å²) in [6.07, 6.45) is 6.55. The van der Waals surface area contributed by atoms with Crippen molar-refractivity contribution in [2.75, 3.05) is 26.3 Å². The van der Waals surface area contributed by atoms with E-state index in [9.17, 15) is 5.11 Å². The monoisotopic (exact) mass is 277 g/mol. The number of benzene rings is 1. The molecule has 1 aromatic carbocycles. The van der Waals surface area contributed by atoms with E-state index in [4.69, 9.17) is 4.74 Å². The Balaban J connectivity index is 1.81. The first kappa shape index (κ1) is 15.3. The molecule has 0 spiro atoms. The van der Waals surface area contributed by atoms with Crippen LogP contribution < -0.4 is 4.74 Å². The van der Waals surface area contributed by atoms with Gasteiger partial charge in [0, 0.05) is 19.1 Å². The number of aliphatic hydroxyl groups is 1. The van der Waals surface area contributed by atoms with E-state index >= 15 is 0 Å². The van der Waals surface area contributed by atoms with Gasteiger partial charge in [0.05, 0.1) is 6.61 Å². The normalized spacial score (nSPS) is 16.6. The number of hydrogen-bond acceptors (Lipinski definition) is 3. The molecular weight excluding hydrogens is 250 g/mol. The van der Waals surface area contributed by atoms with Gasteiger partial charge in [0.25, 0.3) is 0 Å². The molecule has 0 radical (unpaired) electrons. The molecule has 2 rings (SSSR count). The predicted molar refractivity (Wildman–Crippen MR) is 82.2 cm³/mol. The van der Waals surface area contributed by atoms with Crippen LogP contribution in [0.15, 0.2) is 24.3 Å². The Morgan fingerprint density at radius 1 is 1.15 bits per heavy atom. The summed E-state index contributed by atoms with van der Waals surface area (Å²) in [5.74, 6) is 0.972. The van der Waals surface area contributed by atoms with Gasteiger partial charge in [-0.25, -0.2) is 0 Å². The zero-order chi connectivity index (χ0) is 14.2. The molecule has 0 amide bonds. The van der Waals surface area contributed by atoms with Crippen LogP contribution in [-0.4, -0.2) is 42.4 Å². The van der Waals surface area contributed by atoms with E-state index in [-0.39, 0.29) is 6.61 Å². The van der Waals surface area contributed by atoms with Crippen LogP contribution in [0.25, 0.3) is 0 Å². The van der Waals surface area contributed by atoms with Crippen molar-refractivity contribution < 1.29 is 9.84 Å². The summed E-state index contributed by atoms with van der Waals surface area (Å²) < 4.78 is 5.88. The summed E-state index contributed by atoms with van der Waals surface area (Å²) in [6, 6.07) is 8.77. The molecule has 1 saturated carbocycles. The summed E-state index contributed by atoms with van der Waals surface area (Å²) in [5.41, 5.74) is 1.18. The van der Waals surface area contributed by atoms with Crippen LogP contribution in [-0.2, 0) is 0 Å². The van der Waals surface area contributed by atoms with E-state index in [1.807, 2.05) is 18.2 Å². The number of nitrogens with zero attached hydrogens (tertiary/aromatic N) is 1. The second kappa shape index (κ2) is 8.28. The van der Waals surface area contributed by atoms with E-state index < -0.39 is 0 Å². The highest BCUT2D eigenvalue weighted by Gasteiger charge is 2.20. The van der Waals surface area contributed by atoms with Gasteiger partial charge < -0.3 is 9.84 Å². The fourth-order valence-electron chi connectivity index (χ4n) is 3.04. The fraction of sp³-hybridized carbons (Fsp3) is 0.647. The maximum Gasteiger partial charge on any atom is 0.122 e. The van der Waals surface area contributed by atoms with Crippen LogP contribution in [0.2, 0.25) is 0 Å². The van der Waals surface area contributed by atoms with Gasteiger partial charge in [-0.3, -0.25) is 4.90 Å². The molecule has 0 aromatic heterocycles. The van der Waals surface area contributed by atoms with Gasteiger partial charge >= 0.3 is 0 Å². The Hall–Kier alpha value is -1.06. The molecule has 1 aliphatic rings. The molecule has 1 aliphatic carbocycles. The van der Waals surface area contributed by atoms with Crippen molar-refractivity contribution >= 4 is 0 Å². The van der Waals surface area contributed by atoms with Gasteiger partial charge in [0.15, 0.2) is 0 Å². The van der Waals surface area contributed by atoms with E-state index in [2.05, 4.69) is 17.9 Å². The Morgan fingerprint density at radius 3 is 2.60 bits per heavy atom. The number of aliphatic hydroxyl groups excluding tert-OH is 1. The van der Waals surface area contributed by atoms with Gasteiger partial charge in [-0.15, -0.1) is 0 Å². The largest absolute Gasteiger partial charge is 0.492 e. The van der Waals surface area contributed by atoms with Crippen LogP contribution in [0.5, 0.6) is 5.75 Å². The lowest BCUT2D eigenvalue weighted by Crippen LogP contribution is -2.41. The molecule has 112 valence electrons. The topological polar surface area (TPSA) is 32.7 Å². The zero-order valence-corrected chi connectivity index (χ0v) is 12.6. The van der Waals surface area contributed by atoms with Crippen LogP contribution in [0.4, 0.5) is 0 Å². The van der Waals surface area contributed by atoms with Crippen molar-refractivity contribution in [1.82, 2.24) is 4.90 Å². The van der Waals surface area contributed by atoms with E-state index in [0.717, 1.165) is 18.8 Å². The van der Waals surface area contributed by atoms with Crippen LogP contribution in [0.3, 0.4) is 0 Å². The Labute approximate surface area is 122 Å². The molecule has 1 aromatic rings. The van der Waals surface area contributed by atoms with Gasteiger partial charge in [-0.1, -0.05) is 37.5 Å². The lowest BCUT2D eigenvalue weighted by atomic mass is 9.94. The van der Waals surface area contributed by atoms with Gasteiger partial charge in [0.1, 0.15) is 12.4 Å². The smallest absolute Gasteiger partial charge is 0.122 e. The predicted octanol–water partition coefficient (Wildman–Crippen LogP) is 3.00. The van der Waals surface area contributed by atoms with Crippen LogP contribution in [0, 0.1) is 6.92 Å². The molecular formula is C17H27NO2. The number of hydrogen-bond donors (Lipinski definition) is 1. The van der Waals surface area contributed by atoms with Gasteiger partial charge in [0.2, 0.25) is 0 Å². The quantitative estimate of drug-likeness (QED) is 0.831. The van der Waals surface area contributed by atoms with Crippen molar-refractivity contribution in [3.63, 3.8) is 0 Å². The Bertz CT molecular complexity index is 388. The number of ether oxygens (including phenoxy) is 1. The third-order valence-corrected chi connectivity index (χ3v) is 4.21. The highest BCUT2D eigenvalue weighted by Crippen LogP contribution is 2.22. The second-order valence-corrected chi connectivity index (χ2v) is 5.67. The summed E-state index contributed by atoms with van der Waals surface area (Å²) in [7, 11) is 0. The minimum absolute atomic E-state index is 0.237. The molecule has 20 heavy (non-hydrogen) atoms. The number of rotatable bonds is 7. The van der Waals surface area contributed by atoms with Crippen LogP contribution >= 0.6 is 0 Å². The van der Waals surface area contributed by atoms with E-state index in [1.54, 1.807) is 0 Å². The molecule has 0 bridgehead atoms. The maximum absolute atomic E-state index is 9.25. The lowest BCUT2D eigenvalue weighted by Gasteiger charge is -2.33. The van der Waals surface area contributed by atoms with Crippen molar-refractivity contribution in [3.05, 3.63) is 29.8 Å². The first-order valence-corrected chi connectivity index (χ1v) is 7.84. The van der Waals surface area contributed by atoms with Gasteiger partial charge in [-0.2, -0.15) is 0 Å². The molecule has 0 atom stereocenters. The summed E-state index contributed by atoms with van der Waals surface area (Å²) >= 11 is 0. The molecule has 0 aliphatic heterocycles. The van der Waals surface area contributed by atoms with Crippen molar-refractivity contribution in [2.45, 2.75) is 45.1 Å². The molecule has 1 N–H and O–H groups in total. The maximum atomic E-state index is 9.25. The first-order chi connectivity index (χ1) is 9.81. The molecule has 0 saturated heterocycles. The molecule has 3 heteroatoms. The lowest BCUT2D eigenvalue weighted by molar-refractivity contribution is 0.106. The number of para-hydroxylation sites is 1. The minimum Gasteiger partial charge on any atom is -0.492 e. The highest BCUT2D eigenvalue weighted by atomic mass is 16.5. The first-order valence-electron chi connectivity index (χ1n) is 7.84. The zero-order valence-electron chi connectivity index (χ0n) is 12.6. The summed E-state index contributed by atoms with van der Waals surface area (Å²) in [4.78, 5) is 2.40. The molecule has 1 fully saturated rings. The van der Waals surface area contributed by atoms with E-state index in [1.165, 1.54) is 37.7 Å². The second-order valence-electron chi connectivity index (χ2n) is 5.67. The van der Waals surface area contributed by atoms with Crippen molar-refractivity contribution in [1.29, 1.82) is 0 Å². The highest BCUT2D eigenvalue weighted by molar-refractivity contribution is 5.31. The fourth-order valence-corrected chi connectivity index (χ4v) is 3.04. The molecule has 3 nitrogen and oxygen atoms in total. The third-order valence-electron chi connectivity index (χ3n) is 4.21. The van der Waals surface area contributed by atoms with Crippen LogP contribution in [0.1, 0.15) is 37.7 Å². The van der Waals surface area contributed by atoms with Gasteiger partial charge in [-0.05, 0) is 31.4 Å². The molecule has 0 unspecified atom stereocenters. The summed E-state index contributed by atoms with van der Waals surface area (Å²) in [6.45, 7) is 4.67. The SMILES string of the molecule is Cc1ccccc1OCCN(CCO)C1CCCCC1. The van der Waals surface area contributed by atoms with Crippen molar-refractivity contribution in [2.24, 2.45) is 0 Å². The standard InChI is InChI=1S/C17H27NO2/c1-15-7-5-6-10-17(15)20-14-12-18(11-13-19)16-8-3-2-4-9-16/h5-7,10,16,19H,2-4,8-9,11-14H2,1H3. The number of aryl methyl sites for hydroxylation is 1. The third kappa shape index (κ3) is 4.50. The summed E-state index contributed by atoms with van der Waals surface area (Å²) in [5, 5.41) is 9.25. The minimum atomic E-state index is 0.237. The Morgan fingerprint density at radius 2 is 1.90 bits per heavy atom. The average Bonchev–Trinajstić information content (AvgIpc) is 2.49. The Kier molecular flexibility index (Phi) is 6.34. The van der Waals surface area contributed by atoms with E-state index in [0.29, 0.717) is 12.6 Å². The van der Waals surface area contributed by atoms with Crippen molar-refractivity contribution in [3.8, 4) is 5.75 Å².